The largest absolute Gasteiger partial charge is 0.294 e. The summed E-state index contributed by atoms with van der Waals surface area (Å²) < 4.78 is 14.6. The molecule has 0 N–H and O–H groups in total. The van der Waals surface area contributed by atoms with Crippen molar-refractivity contribution in [3.05, 3.63) is 101 Å². The first kappa shape index (κ1) is 22.1. The van der Waals surface area contributed by atoms with Crippen LogP contribution in [-0.2, 0) is 19.3 Å². The van der Waals surface area contributed by atoms with Gasteiger partial charge < -0.3 is 0 Å². The summed E-state index contributed by atoms with van der Waals surface area (Å²) in [7, 11) is 0. The van der Waals surface area contributed by atoms with Crippen molar-refractivity contribution in [2.45, 2.75) is 24.2 Å². The molecule has 0 bridgehead atoms. The third kappa shape index (κ3) is 4.52. The molecular formula is C27H21FN4OS. The molecule has 5 nitrogen and oxygen atoms in total. The highest BCUT2D eigenvalue weighted by Gasteiger charge is 2.19. The lowest BCUT2D eigenvalue weighted by atomic mass is 9.97. The zero-order chi connectivity index (χ0) is 23.5. The van der Waals surface area contributed by atoms with Crippen LogP contribution in [0.3, 0.4) is 0 Å². The monoisotopic (exact) mass is 468 g/mol. The Bertz CT molecular complexity index is 1420. The summed E-state index contributed by atoms with van der Waals surface area (Å²) in [6, 6.07) is 16.2. The van der Waals surface area contributed by atoms with E-state index in [1.165, 1.54) is 6.07 Å². The number of pyridine rings is 1. The van der Waals surface area contributed by atoms with Gasteiger partial charge in [-0.1, -0.05) is 24.3 Å². The Balaban J connectivity index is 1.43. The summed E-state index contributed by atoms with van der Waals surface area (Å²) in [6.45, 7) is 0. The topological polar surface area (TPSA) is 68.1 Å². The first-order valence-corrected chi connectivity index (χ1v) is 12.1. The number of benzene rings is 2. The molecule has 0 radical (unpaired) electrons. The molecule has 0 saturated carbocycles. The minimum atomic E-state index is -0.387. The average Bonchev–Trinajstić information content (AvgIpc) is 3.36. The van der Waals surface area contributed by atoms with Gasteiger partial charge in [0.15, 0.2) is 5.78 Å². The molecule has 0 fully saturated rings. The van der Waals surface area contributed by atoms with Gasteiger partial charge in [-0.15, -0.1) is 11.8 Å². The molecule has 0 atom stereocenters. The smallest absolute Gasteiger partial charge is 0.167 e. The van der Waals surface area contributed by atoms with Crippen molar-refractivity contribution in [1.82, 2.24) is 15.0 Å². The molecule has 34 heavy (non-hydrogen) atoms. The third-order valence-corrected chi connectivity index (χ3v) is 6.50. The van der Waals surface area contributed by atoms with Gasteiger partial charge in [-0.05, 0) is 47.7 Å². The highest BCUT2D eigenvalue weighted by molar-refractivity contribution is 7.98. The fourth-order valence-corrected chi connectivity index (χ4v) is 4.51. The Kier molecular flexibility index (Phi) is 6.27. The molecule has 7 heteroatoms. The quantitative estimate of drug-likeness (QED) is 0.258. The van der Waals surface area contributed by atoms with E-state index in [1.54, 1.807) is 42.5 Å². The van der Waals surface area contributed by atoms with Gasteiger partial charge in [-0.3, -0.25) is 14.8 Å². The Morgan fingerprint density at radius 2 is 1.97 bits per heavy atom. The van der Waals surface area contributed by atoms with Gasteiger partial charge in [0.25, 0.3) is 0 Å². The molecule has 3 heterocycles. The van der Waals surface area contributed by atoms with Crippen LogP contribution < -0.4 is 0 Å². The van der Waals surface area contributed by atoms with Gasteiger partial charge in [0.2, 0.25) is 0 Å². The normalized spacial score (nSPS) is 12.1. The summed E-state index contributed by atoms with van der Waals surface area (Å²) in [4.78, 5) is 31.7. The van der Waals surface area contributed by atoms with Crippen LogP contribution in [0.15, 0.2) is 77.0 Å². The molecule has 2 aromatic carbocycles. The van der Waals surface area contributed by atoms with Crippen molar-refractivity contribution in [3.63, 3.8) is 0 Å². The lowest BCUT2D eigenvalue weighted by Crippen LogP contribution is -2.06. The van der Waals surface area contributed by atoms with Crippen LogP contribution in [0.25, 0.3) is 11.3 Å². The van der Waals surface area contributed by atoms with E-state index in [1.807, 2.05) is 42.8 Å². The van der Waals surface area contributed by atoms with E-state index in [4.69, 9.17) is 0 Å². The zero-order valence-corrected chi connectivity index (χ0v) is 19.3. The summed E-state index contributed by atoms with van der Waals surface area (Å²) in [5.74, 6) is -0.498. The lowest BCUT2D eigenvalue weighted by Gasteiger charge is -2.11. The SMILES string of the molecule is CSc1cccc(C(=O)Cc2cc(Cc3ncccc3-c3ncnc4c3N=CC4)ccc2F)c1. The van der Waals surface area contributed by atoms with E-state index in [2.05, 4.69) is 19.9 Å². The second-order valence-corrected chi connectivity index (χ2v) is 8.85. The van der Waals surface area contributed by atoms with E-state index in [0.29, 0.717) is 24.0 Å². The van der Waals surface area contributed by atoms with Gasteiger partial charge in [0.1, 0.15) is 23.5 Å². The maximum absolute atomic E-state index is 14.6. The van der Waals surface area contributed by atoms with Crippen LogP contribution in [-0.4, -0.2) is 33.2 Å². The fraction of sp³-hybridized carbons (Fsp3) is 0.148. The molecule has 2 aromatic heterocycles. The number of aromatic nitrogens is 3. The van der Waals surface area contributed by atoms with Gasteiger partial charge in [-0.2, -0.15) is 0 Å². The molecule has 0 aliphatic carbocycles. The maximum atomic E-state index is 14.6. The van der Waals surface area contributed by atoms with Crippen molar-refractivity contribution in [2.75, 3.05) is 6.26 Å². The molecule has 5 rings (SSSR count). The number of carbonyl (C=O) groups is 1. The van der Waals surface area contributed by atoms with Crippen LogP contribution >= 0.6 is 11.8 Å². The van der Waals surface area contributed by atoms with E-state index in [0.717, 1.165) is 38.8 Å². The molecule has 4 aromatic rings. The standard InChI is InChI=1S/C27H21FN4OS/c1-34-20-5-2-4-18(14-20)25(33)15-19-12-17(7-8-22(19)28)13-24-21(6-3-10-29-24)26-27-23(9-11-30-27)31-16-32-26/h2-8,10-12,14,16H,9,13,15H2,1H3. The van der Waals surface area contributed by atoms with Crippen LogP contribution in [0, 0.1) is 5.82 Å². The summed E-state index contributed by atoms with van der Waals surface area (Å²) in [5.41, 5.74) is 5.92. The van der Waals surface area contributed by atoms with Crippen molar-refractivity contribution < 1.29 is 9.18 Å². The highest BCUT2D eigenvalue weighted by atomic mass is 32.2. The molecule has 1 aliphatic rings. The Hall–Kier alpha value is -3.71. The van der Waals surface area contributed by atoms with E-state index >= 15 is 0 Å². The number of hydrogen-bond donors (Lipinski definition) is 0. The molecule has 0 spiro atoms. The number of hydrogen-bond acceptors (Lipinski definition) is 6. The predicted octanol–water partition coefficient (Wildman–Crippen LogP) is 5.67. The van der Waals surface area contributed by atoms with Crippen LogP contribution in [0.5, 0.6) is 0 Å². The number of ketones is 1. The molecule has 1 aliphatic heterocycles. The number of halogens is 1. The number of fused-ring (bicyclic) bond motifs is 1. The Morgan fingerprint density at radius 3 is 2.85 bits per heavy atom. The van der Waals surface area contributed by atoms with Gasteiger partial charge in [0.05, 0.1) is 11.4 Å². The number of nitrogens with zero attached hydrogens (tertiary/aromatic N) is 4. The Morgan fingerprint density at radius 1 is 1.06 bits per heavy atom. The summed E-state index contributed by atoms with van der Waals surface area (Å²) in [5, 5.41) is 0. The number of thioether (sulfide) groups is 1. The Labute approximate surface area is 201 Å². The number of aliphatic imine (C=N–C) groups is 1. The zero-order valence-electron chi connectivity index (χ0n) is 18.5. The molecule has 0 unspecified atom stereocenters. The van der Waals surface area contributed by atoms with Crippen LogP contribution in [0.1, 0.15) is 32.9 Å². The minimum Gasteiger partial charge on any atom is -0.294 e. The molecule has 0 amide bonds. The van der Waals surface area contributed by atoms with Crippen molar-refractivity contribution in [2.24, 2.45) is 4.99 Å². The van der Waals surface area contributed by atoms with Gasteiger partial charge in [0, 0.05) is 47.7 Å². The van der Waals surface area contributed by atoms with Gasteiger partial charge >= 0.3 is 0 Å². The number of Topliss-reactive ketones (excluding diaryl/α,β-unsaturated/α-hetero) is 1. The summed E-state index contributed by atoms with van der Waals surface area (Å²) in [6.07, 6.45) is 8.24. The van der Waals surface area contributed by atoms with E-state index in [-0.39, 0.29) is 18.0 Å². The number of carbonyl (C=O) groups excluding carboxylic acids is 1. The van der Waals surface area contributed by atoms with Crippen molar-refractivity contribution in [3.8, 4) is 11.3 Å². The van der Waals surface area contributed by atoms with E-state index < -0.39 is 0 Å². The highest BCUT2D eigenvalue weighted by Crippen LogP contribution is 2.34. The predicted molar refractivity (Wildman–Crippen MR) is 133 cm³/mol. The summed E-state index contributed by atoms with van der Waals surface area (Å²) >= 11 is 1.57. The lowest BCUT2D eigenvalue weighted by molar-refractivity contribution is 0.0991. The third-order valence-electron chi connectivity index (χ3n) is 5.77. The molecular weight excluding hydrogens is 447 g/mol. The number of rotatable bonds is 7. The molecule has 168 valence electrons. The first-order chi connectivity index (χ1) is 16.6. The van der Waals surface area contributed by atoms with Gasteiger partial charge in [-0.25, -0.2) is 14.4 Å². The first-order valence-electron chi connectivity index (χ1n) is 10.9. The minimum absolute atomic E-state index is 0.000710. The average molecular weight is 469 g/mol. The van der Waals surface area contributed by atoms with Crippen molar-refractivity contribution >= 4 is 29.4 Å². The second kappa shape index (κ2) is 9.65. The molecule has 0 saturated heterocycles. The van der Waals surface area contributed by atoms with Crippen molar-refractivity contribution in [1.29, 1.82) is 0 Å². The second-order valence-electron chi connectivity index (χ2n) is 7.97. The fourth-order valence-electron chi connectivity index (χ4n) is 4.05. The van der Waals surface area contributed by atoms with Crippen LogP contribution in [0.4, 0.5) is 10.1 Å². The van der Waals surface area contributed by atoms with Crippen LogP contribution in [0.2, 0.25) is 0 Å². The van der Waals surface area contributed by atoms with E-state index in [9.17, 15) is 9.18 Å². The maximum Gasteiger partial charge on any atom is 0.167 e.